The van der Waals surface area contributed by atoms with Crippen molar-refractivity contribution in [2.24, 2.45) is 0 Å². The fraction of sp³-hybridized carbons (Fsp3) is 0.300. The van der Waals surface area contributed by atoms with E-state index in [9.17, 15) is 19.7 Å². The van der Waals surface area contributed by atoms with Crippen LogP contribution in [-0.4, -0.2) is 58.5 Å². The van der Waals surface area contributed by atoms with Gasteiger partial charge in [-0.25, -0.2) is 0 Å². The van der Waals surface area contributed by atoms with Crippen molar-refractivity contribution in [3.8, 4) is 0 Å². The van der Waals surface area contributed by atoms with Gasteiger partial charge in [-0.15, -0.1) is 11.8 Å². The molecule has 2 aromatic rings. The van der Waals surface area contributed by atoms with Gasteiger partial charge in [0.05, 0.1) is 10.7 Å². The number of rotatable bonds is 5. The highest BCUT2D eigenvalue weighted by atomic mass is 32.2. The Morgan fingerprint density at radius 1 is 0.964 bits per heavy atom. The lowest BCUT2D eigenvalue weighted by Crippen LogP contribution is -2.51. The fourth-order valence-corrected chi connectivity index (χ4v) is 3.74. The van der Waals surface area contributed by atoms with E-state index in [1.54, 1.807) is 21.9 Å². The third kappa shape index (κ3) is 4.89. The smallest absolute Gasteiger partial charge is 0.269 e. The number of benzene rings is 2. The van der Waals surface area contributed by atoms with Crippen LogP contribution in [0.4, 0.5) is 5.69 Å². The Kier molecular flexibility index (Phi) is 6.30. The summed E-state index contributed by atoms with van der Waals surface area (Å²) in [5.41, 5.74) is 1.81. The zero-order valence-corrected chi connectivity index (χ0v) is 16.4. The van der Waals surface area contributed by atoms with Crippen molar-refractivity contribution in [2.75, 3.05) is 31.9 Å². The minimum atomic E-state index is -0.447. The Balaban J connectivity index is 1.47. The minimum absolute atomic E-state index is 0.00536. The molecule has 1 heterocycles. The summed E-state index contributed by atoms with van der Waals surface area (Å²) < 4.78 is 0. The molecule has 0 atom stereocenters. The molecule has 1 aliphatic heterocycles. The minimum Gasteiger partial charge on any atom is -0.338 e. The first-order chi connectivity index (χ1) is 13.4. The molecule has 0 aliphatic carbocycles. The van der Waals surface area contributed by atoms with Crippen LogP contribution in [0.2, 0.25) is 0 Å². The van der Waals surface area contributed by atoms with E-state index in [0.29, 0.717) is 31.7 Å². The highest BCUT2D eigenvalue weighted by Gasteiger charge is 2.24. The Labute approximate surface area is 167 Å². The van der Waals surface area contributed by atoms with Gasteiger partial charge in [0.15, 0.2) is 0 Å². The van der Waals surface area contributed by atoms with Crippen LogP contribution in [0.1, 0.15) is 15.9 Å². The van der Waals surface area contributed by atoms with Crippen LogP contribution < -0.4 is 0 Å². The average Bonchev–Trinajstić information content (AvgIpc) is 2.72. The van der Waals surface area contributed by atoms with Crippen LogP contribution in [0.5, 0.6) is 0 Å². The van der Waals surface area contributed by atoms with E-state index >= 15 is 0 Å². The van der Waals surface area contributed by atoms with E-state index in [1.807, 2.05) is 31.2 Å². The molecule has 1 saturated heterocycles. The molecule has 0 spiro atoms. The Bertz CT molecular complexity index is 860. The number of aryl methyl sites for hydroxylation is 1. The summed E-state index contributed by atoms with van der Waals surface area (Å²) in [5.74, 6) is 0.266. The van der Waals surface area contributed by atoms with Gasteiger partial charge in [0.1, 0.15) is 0 Å². The van der Waals surface area contributed by atoms with E-state index < -0.39 is 4.92 Å². The maximum absolute atomic E-state index is 12.5. The van der Waals surface area contributed by atoms with Gasteiger partial charge in [0, 0.05) is 48.8 Å². The number of hydrogen-bond donors (Lipinski definition) is 0. The zero-order valence-electron chi connectivity index (χ0n) is 15.5. The topological polar surface area (TPSA) is 83.8 Å². The predicted octanol–water partition coefficient (Wildman–Crippen LogP) is 2.98. The second-order valence-electron chi connectivity index (χ2n) is 6.58. The summed E-state index contributed by atoms with van der Waals surface area (Å²) in [7, 11) is 0. The lowest BCUT2D eigenvalue weighted by Gasteiger charge is -2.34. The van der Waals surface area contributed by atoms with Crippen LogP contribution in [0.25, 0.3) is 0 Å². The van der Waals surface area contributed by atoms with Crippen molar-refractivity contribution < 1.29 is 14.5 Å². The molecule has 2 aromatic carbocycles. The van der Waals surface area contributed by atoms with Crippen molar-refractivity contribution in [3.63, 3.8) is 0 Å². The monoisotopic (exact) mass is 399 g/mol. The van der Waals surface area contributed by atoms with Crippen LogP contribution in [0.15, 0.2) is 53.4 Å². The molecule has 146 valence electrons. The van der Waals surface area contributed by atoms with E-state index in [1.165, 1.54) is 23.9 Å². The maximum Gasteiger partial charge on any atom is 0.269 e. The van der Waals surface area contributed by atoms with Gasteiger partial charge in [-0.3, -0.25) is 19.7 Å². The van der Waals surface area contributed by atoms with Gasteiger partial charge >= 0.3 is 0 Å². The second kappa shape index (κ2) is 8.88. The molecule has 0 saturated carbocycles. The zero-order chi connectivity index (χ0) is 20.1. The van der Waals surface area contributed by atoms with Crippen molar-refractivity contribution >= 4 is 29.3 Å². The normalized spacial score (nSPS) is 14.0. The predicted molar refractivity (Wildman–Crippen MR) is 107 cm³/mol. The molecule has 0 bridgehead atoms. The molecule has 0 radical (unpaired) electrons. The largest absolute Gasteiger partial charge is 0.338 e. The molecule has 2 amide bonds. The molecule has 28 heavy (non-hydrogen) atoms. The van der Waals surface area contributed by atoms with Crippen molar-refractivity contribution in [2.45, 2.75) is 11.8 Å². The summed E-state index contributed by atoms with van der Waals surface area (Å²) in [6.45, 7) is 4.03. The summed E-state index contributed by atoms with van der Waals surface area (Å²) in [6.07, 6.45) is 0. The molecular weight excluding hydrogens is 378 g/mol. The number of carbonyl (C=O) groups is 2. The summed E-state index contributed by atoms with van der Waals surface area (Å²) >= 11 is 1.35. The number of non-ortho nitro benzene ring substituents is 1. The number of nitro benzene ring substituents is 1. The lowest BCUT2D eigenvalue weighted by atomic mass is 10.1. The second-order valence-corrected chi connectivity index (χ2v) is 7.63. The van der Waals surface area contributed by atoms with E-state index in [0.717, 1.165) is 10.5 Å². The van der Waals surface area contributed by atoms with E-state index in [4.69, 9.17) is 0 Å². The Morgan fingerprint density at radius 3 is 2.11 bits per heavy atom. The van der Waals surface area contributed by atoms with Gasteiger partial charge in [-0.05, 0) is 31.2 Å². The van der Waals surface area contributed by atoms with Gasteiger partial charge in [0.2, 0.25) is 5.91 Å². The van der Waals surface area contributed by atoms with Gasteiger partial charge in [-0.2, -0.15) is 0 Å². The highest BCUT2D eigenvalue weighted by molar-refractivity contribution is 8.00. The molecule has 7 nitrogen and oxygen atoms in total. The number of nitrogens with zero attached hydrogens (tertiary/aromatic N) is 3. The highest BCUT2D eigenvalue weighted by Crippen LogP contribution is 2.22. The van der Waals surface area contributed by atoms with Gasteiger partial charge < -0.3 is 9.80 Å². The lowest BCUT2D eigenvalue weighted by molar-refractivity contribution is -0.384. The molecule has 0 unspecified atom stereocenters. The van der Waals surface area contributed by atoms with Crippen LogP contribution >= 0.6 is 11.8 Å². The summed E-state index contributed by atoms with van der Waals surface area (Å²) in [4.78, 5) is 39.5. The number of hydrogen-bond acceptors (Lipinski definition) is 5. The molecule has 0 aromatic heterocycles. The molecule has 0 N–H and O–H groups in total. The van der Waals surface area contributed by atoms with E-state index in [2.05, 4.69) is 0 Å². The third-order valence-electron chi connectivity index (χ3n) is 4.63. The first kappa shape index (κ1) is 19.9. The van der Waals surface area contributed by atoms with Crippen LogP contribution in [0, 0.1) is 17.0 Å². The molecular formula is C20H21N3O4S. The average molecular weight is 399 g/mol. The standard InChI is InChI=1S/C20H21N3O4S/c1-15-2-4-16(5-3-15)20(25)22-12-10-21(11-13-22)19(24)14-28-18-8-6-17(7-9-18)23(26)27/h2-9H,10-14H2,1H3. The first-order valence-electron chi connectivity index (χ1n) is 8.95. The third-order valence-corrected chi connectivity index (χ3v) is 5.62. The van der Waals surface area contributed by atoms with Crippen molar-refractivity contribution in [1.29, 1.82) is 0 Å². The van der Waals surface area contributed by atoms with Crippen LogP contribution in [-0.2, 0) is 4.79 Å². The molecule has 8 heteroatoms. The molecule has 3 rings (SSSR count). The number of thioether (sulfide) groups is 1. The first-order valence-corrected chi connectivity index (χ1v) is 9.93. The van der Waals surface area contributed by atoms with Crippen molar-refractivity contribution in [1.82, 2.24) is 9.80 Å². The summed E-state index contributed by atoms with van der Waals surface area (Å²) in [5, 5.41) is 10.7. The number of amides is 2. The van der Waals surface area contributed by atoms with E-state index in [-0.39, 0.29) is 23.3 Å². The van der Waals surface area contributed by atoms with Gasteiger partial charge in [-0.1, -0.05) is 17.7 Å². The summed E-state index contributed by atoms with van der Waals surface area (Å²) in [6, 6.07) is 13.7. The number of piperazine rings is 1. The van der Waals surface area contributed by atoms with Crippen LogP contribution in [0.3, 0.4) is 0 Å². The maximum atomic E-state index is 12.5. The van der Waals surface area contributed by atoms with Crippen molar-refractivity contribution in [3.05, 3.63) is 69.8 Å². The number of carbonyl (C=O) groups excluding carboxylic acids is 2. The molecule has 1 aliphatic rings. The molecule has 1 fully saturated rings. The Morgan fingerprint density at radius 2 is 1.54 bits per heavy atom. The fourth-order valence-electron chi connectivity index (χ4n) is 2.94. The number of nitro groups is 1. The Hall–Kier alpha value is -2.87. The quantitative estimate of drug-likeness (QED) is 0.438. The van der Waals surface area contributed by atoms with Gasteiger partial charge in [0.25, 0.3) is 11.6 Å². The SMILES string of the molecule is Cc1ccc(C(=O)N2CCN(C(=O)CSc3ccc([N+](=O)[O-])cc3)CC2)cc1.